The minimum atomic E-state index is -0.363. The molecule has 0 radical (unpaired) electrons. The highest BCUT2D eigenvalue weighted by Gasteiger charge is 2.16. The molecule has 2 aromatic carbocycles. The molecule has 5 nitrogen and oxygen atoms in total. The Morgan fingerprint density at radius 2 is 1.93 bits per heavy atom. The predicted octanol–water partition coefficient (Wildman–Crippen LogP) is 6.10. The molecule has 3 aromatic rings. The summed E-state index contributed by atoms with van der Waals surface area (Å²) in [5.74, 6) is 0.797. The Morgan fingerprint density at radius 1 is 1.21 bits per heavy atom. The molecule has 0 aliphatic carbocycles. The van der Waals surface area contributed by atoms with Gasteiger partial charge in [0.15, 0.2) is 10.1 Å². The van der Waals surface area contributed by atoms with Gasteiger partial charge in [-0.3, -0.25) is 10.1 Å². The van der Waals surface area contributed by atoms with E-state index in [0.29, 0.717) is 23.1 Å². The molecule has 9 heteroatoms. The van der Waals surface area contributed by atoms with Gasteiger partial charge in [0, 0.05) is 11.3 Å². The van der Waals surface area contributed by atoms with Crippen LogP contribution in [0.15, 0.2) is 40.7 Å². The summed E-state index contributed by atoms with van der Waals surface area (Å²) in [5.41, 5.74) is 2.80. The summed E-state index contributed by atoms with van der Waals surface area (Å²) < 4.78 is 6.16. The third-order valence-corrected chi connectivity index (χ3v) is 6.37. The van der Waals surface area contributed by atoms with Gasteiger partial charge in [-0.15, -0.1) is 10.2 Å². The summed E-state index contributed by atoms with van der Waals surface area (Å²) in [6.07, 6.45) is 0. The second kappa shape index (κ2) is 9.60. The summed E-state index contributed by atoms with van der Waals surface area (Å²) in [6.45, 7) is 4.34. The molecule has 0 saturated heterocycles. The van der Waals surface area contributed by atoms with Gasteiger partial charge in [0.1, 0.15) is 0 Å². The van der Waals surface area contributed by atoms with Gasteiger partial charge in [0.25, 0.3) is 5.91 Å². The first-order valence-corrected chi connectivity index (χ1v) is 11.0. The molecule has 0 spiro atoms. The van der Waals surface area contributed by atoms with Crippen LogP contribution in [0.4, 0.5) is 5.13 Å². The highest BCUT2D eigenvalue weighted by molar-refractivity contribution is 8.00. The summed E-state index contributed by atoms with van der Waals surface area (Å²) in [7, 11) is 0. The van der Waals surface area contributed by atoms with Gasteiger partial charge < -0.3 is 4.74 Å². The van der Waals surface area contributed by atoms with Crippen molar-refractivity contribution in [2.24, 2.45) is 0 Å². The van der Waals surface area contributed by atoms with Gasteiger partial charge in [-0.05, 0) is 37.1 Å². The van der Waals surface area contributed by atoms with Crippen LogP contribution in [0.25, 0.3) is 0 Å². The average molecular weight is 454 g/mol. The fourth-order valence-electron chi connectivity index (χ4n) is 2.37. The van der Waals surface area contributed by atoms with Crippen molar-refractivity contribution in [2.45, 2.75) is 23.9 Å². The first-order chi connectivity index (χ1) is 13.5. The van der Waals surface area contributed by atoms with Gasteiger partial charge in [-0.25, -0.2) is 0 Å². The zero-order valence-corrected chi connectivity index (χ0v) is 18.3. The molecule has 1 N–H and O–H groups in total. The number of amides is 1. The minimum absolute atomic E-state index is 0.284. The first kappa shape index (κ1) is 20.9. The van der Waals surface area contributed by atoms with Crippen molar-refractivity contribution in [3.05, 3.63) is 63.1 Å². The van der Waals surface area contributed by atoms with Gasteiger partial charge in [0.05, 0.1) is 16.7 Å². The summed E-state index contributed by atoms with van der Waals surface area (Å²) in [6, 6.07) is 11.2. The number of aryl methyl sites for hydroxylation is 1. The second-order valence-corrected chi connectivity index (χ2v) is 8.76. The molecule has 3 rings (SSSR count). The summed E-state index contributed by atoms with van der Waals surface area (Å²) >= 11 is 15.2. The Kier molecular flexibility index (Phi) is 7.18. The van der Waals surface area contributed by atoms with Crippen LogP contribution >= 0.6 is 46.3 Å². The maximum Gasteiger partial charge on any atom is 0.257 e. The standard InChI is InChI=1S/C19H17Cl2N3O2S2/c1-3-26-16-14(20)8-13(9-15(16)21)17(25)22-18-23-24-19(28-18)27-10-12-7-5-4-6-11(12)2/h4-9H,3,10H2,1-2H3,(H,22,23,25). The number of benzene rings is 2. The fraction of sp³-hybridized carbons (Fsp3) is 0.211. The largest absolute Gasteiger partial charge is 0.491 e. The van der Waals surface area contributed by atoms with E-state index < -0.39 is 0 Å². The number of thioether (sulfide) groups is 1. The third kappa shape index (κ3) is 5.17. The van der Waals surface area contributed by atoms with Crippen molar-refractivity contribution in [1.82, 2.24) is 10.2 Å². The monoisotopic (exact) mass is 453 g/mol. The Labute approximate surface area is 181 Å². The zero-order chi connectivity index (χ0) is 20.1. The molecule has 0 saturated carbocycles. The molecule has 0 aliphatic rings. The Hall–Kier alpha value is -1.80. The molecule has 28 heavy (non-hydrogen) atoms. The number of carbonyl (C=O) groups excluding carboxylic acids is 1. The Bertz CT molecular complexity index is 972. The number of rotatable bonds is 7. The lowest BCUT2D eigenvalue weighted by molar-refractivity contribution is 0.102. The van der Waals surface area contributed by atoms with Crippen molar-refractivity contribution in [2.75, 3.05) is 11.9 Å². The molecule has 0 fully saturated rings. The molecule has 0 unspecified atom stereocenters. The van der Waals surface area contributed by atoms with Crippen molar-refractivity contribution in [3.63, 3.8) is 0 Å². The van der Waals surface area contributed by atoms with E-state index in [-0.39, 0.29) is 16.0 Å². The van der Waals surface area contributed by atoms with Crippen molar-refractivity contribution in [1.29, 1.82) is 0 Å². The van der Waals surface area contributed by atoms with E-state index in [1.807, 2.05) is 19.1 Å². The molecule has 0 atom stereocenters. The Morgan fingerprint density at radius 3 is 2.61 bits per heavy atom. The van der Waals surface area contributed by atoms with Crippen LogP contribution in [0.3, 0.4) is 0 Å². The van der Waals surface area contributed by atoms with E-state index in [4.69, 9.17) is 27.9 Å². The van der Waals surface area contributed by atoms with Gasteiger partial charge in [-0.1, -0.05) is 70.6 Å². The van der Waals surface area contributed by atoms with Gasteiger partial charge in [-0.2, -0.15) is 0 Å². The third-order valence-electron chi connectivity index (χ3n) is 3.79. The quantitative estimate of drug-likeness (QED) is 0.345. The van der Waals surface area contributed by atoms with E-state index in [1.54, 1.807) is 11.8 Å². The van der Waals surface area contributed by atoms with Crippen LogP contribution in [-0.4, -0.2) is 22.7 Å². The molecular formula is C19H17Cl2N3O2S2. The van der Waals surface area contributed by atoms with E-state index in [0.717, 1.165) is 10.1 Å². The lowest BCUT2D eigenvalue weighted by Crippen LogP contribution is -2.12. The lowest BCUT2D eigenvalue weighted by atomic mass is 10.1. The van der Waals surface area contributed by atoms with Crippen LogP contribution in [0, 0.1) is 6.92 Å². The smallest absolute Gasteiger partial charge is 0.257 e. The Balaban J connectivity index is 1.65. The normalized spacial score (nSPS) is 10.7. The van der Waals surface area contributed by atoms with E-state index in [1.165, 1.54) is 34.6 Å². The van der Waals surface area contributed by atoms with E-state index in [9.17, 15) is 4.79 Å². The highest BCUT2D eigenvalue weighted by atomic mass is 35.5. The maximum atomic E-state index is 12.5. The van der Waals surface area contributed by atoms with Gasteiger partial charge >= 0.3 is 0 Å². The lowest BCUT2D eigenvalue weighted by Gasteiger charge is -2.09. The van der Waals surface area contributed by atoms with Gasteiger partial charge in [0.2, 0.25) is 5.13 Å². The fourth-order valence-corrected chi connectivity index (χ4v) is 4.79. The summed E-state index contributed by atoms with van der Waals surface area (Å²) in [5, 5.41) is 11.9. The summed E-state index contributed by atoms with van der Waals surface area (Å²) in [4.78, 5) is 12.5. The van der Waals surface area contributed by atoms with Crippen molar-refractivity contribution >= 4 is 57.3 Å². The molecule has 1 amide bonds. The number of hydrogen-bond acceptors (Lipinski definition) is 6. The second-order valence-electron chi connectivity index (χ2n) is 5.74. The number of aromatic nitrogens is 2. The number of halogens is 2. The molecular weight excluding hydrogens is 437 g/mol. The molecule has 1 heterocycles. The van der Waals surface area contributed by atoms with E-state index in [2.05, 4.69) is 34.6 Å². The predicted molar refractivity (Wildman–Crippen MR) is 116 cm³/mol. The SMILES string of the molecule is CCOc1c(Cl)cc(C(=O)Nc2nnc(SCc3ccccc3C)s2)cc1Cl. The average Bonchev–Trinajstić information content (AvgIpc) is 3.11. The number of ether oxygens (including phenoxy) is 1. The number of nitrogens with zero attached hydrogens (tertiary/aromatic N) is 2. The van der Waals surface area contributed by atoms with Crippen LogP contribution in [-0.2, 0) is 5.75 Å². The molecule has 1 aromatic heterocycles. The number of nitrogens with one attached hydrogen (secondary N) is 1. The van der Waals surface area contributed by atoms with Crippen molar-refractivity contribution in [3.8, 4) is 5.75 Å². The van der Waals surface area contributed by atoms with Crippen LogP contribution in [0.5, 0.6) is 5.75 Å². The number of carbonyl (C=O) groups is 1. The van der Waals surface area contributed by atoms with Crippen LogP contribution in [0.2, 0.25) is 10.0 Å². The topological polar surface area (TPSA) is 64.1 Å². The highest BCUT2D eigenvalue weighted by Crippen LogP contribution is 2.35. The number of anilines is 1. The zero-order valence-electron chi connectivity index (χ0n) is 15.2. The van der Waals surface area contributed by atoms with Crippen LogP contribution in [0.1, 0.15) is 28.4 Å². The van der Waals surface area contributed by atoms with Crippen LogP contribution < -0.4 is 10.1 Å². The first-order valence-electron chi connectivity index (χ1n) is 8.42. The minimum Gasteiger partial charge on any atom is -0.491 e. The van der Waals surface area contributed by atoms with E-state index >= 15 is 0 Å². The maximum absolute atomic E-state index is 12.5. The molecule has 146 valence electrons. The number of hydrogen-bond donors (Lipinski definition) is 1. The van der Waals surface area contributed by atoms with Crippen molar-refractivity contribution < 1.29 is 9.53 Å². The molecule has 0 aliphatic heterocycles. The molecule has 0 bridgehead atoms.